The maximum absolute atomic E-state index is 12.5. The summed E-state index contributed by atoms with van der Waals surface area (Å²) in [6.07, 6.45) is 2.29. The Balaban J connectivity index is 2.78. The van der Waals surface area contributed by atoms with E-state index in [-0.39, 0.29) is 45.6 Å². The van der Waals surface area contributed by atoms with Gasteiger partial charge in [-0.05, 0) is 12.8 Å². The van der Waals surface area contributed by atoms with Crippen molar-refractivity contribution in [2.45, 2.75) is 25.3 Å². The molecular formula is C20H28N2O12. The van der Waals surface area contributed by atoms with Crippen LogP contribution in [0.2, 0.25) is 0 Å². The minimum atomic E-state index is -1.21. The summed E-state index contributed by atoms with van der Waals surface area (Å²) in [6.45, 7) is -2.08. The van der Waals surface area contributed by atoms with Crippen molar-refractivity contribution in [3.8, 4) is 0 Å². The molecule has 190 valence electrons. The number of hydrogen-bond donors (Lipinski definition) is 4. The third-order valence-electron chi connectivity index (χ3n) is 4.59. The van der Waals surface area contributed by atoms with E-state index in [0.717, 1.165) is 17.1 Å². The molecule has 0 saturated carbocycles. The summed E-state index contributed by atoms with van der Waals surface area (Å²) in [5, 5.41) is 28.9. The molecule has 0 bridgehead atoms. The average molecular weight is 488 g/mol. The normalized spacial score (nSPS) is 14.8. The molecule has 0 aromatic rings. The number of hydrogen-bond acceptors (Lipinski definition) is 9. The average Bonchev–Trinajstić information content (AvgIpc) is 3.07. The number of carboxylic acids is 3. The lowest BCUT2D eigenvalue weighted by atomic mass is 9.94. The van der Waals surface area contributed by atoms with E-state index in [4.69, 9.17) is 29.5 Å². The van der Waals surface area contributed by atoms with E-state index in [1.54, 1.807) is 0 Å². The van der Waals surface area contributed by atoms with Crippen LogP contribution >= 0.6 is 0 Å². The quantitative estimate of drug-likeness (QED) is 0.121. The van der Waals surface area contributed by atoms with Gasteiger partial charge in [0.25, 0.3) is 11.8 Å². The van der Waals surface area contributed by atoms with E-state index in [1.807, 2.05) is 0 Å². The Morgan fingerprint density at radius 1 is 0.824 bits per heavy atom. The minimum absolute atomic E-state index is 0.0296. The summed E-state index contributed by atoms with van der Waals surface area (Å²) in [6, 6.07) is -0.688. The Labute approximate surface area is 194 Å². The first kappa shape index (κ1) is 28.7. The first-order valence-electron chi connectivity index (χ1n) is 10.3. The van der Waals surface area contributed by atoms with Crippen molar-refractivity contribution in [1.82, 2.24) is 10.2 Å². The number of carbonyl (C=O) groups excluding carboxylic acids is 3. The largest absolute Gasteiger partial charge is 0.480 e. The highest BCUT2D eigenvalue weighted by atomic mass is 16.5. The Bertz CT molecular complexity index is 764. The van der Waals surface area contributed by atoms with Crippen LogP contribution in [0.15, 0.2) is 12.2 Å². The van der Waals surface area contributed by atoms with Crippen LogP contribution in [0.5, 0.6) is 0 Å². The van der Waals surface area contributed by atoms with E-state index < -0.39 is 67.4 Å². The fourth-order valence-corrected chi connectivity index (χ4v) is 3.03. The van der Waals surface area contributed by atoms with Crippen LogP contribution in [-0.4, -0.2) is 108 Å². The highest BCUT2D eigenvalue weighted by Crippen LogP contribution is 2.15. The van der Waals surface area contributed by atoms with Crippen molar-refractivity contribution in [2.24, 2.45) is 5.92 Å². The van der Waals surface area contributed by atoms with Gasteiger partial charge in [-0.15, -0.1) is 0 Å². The molecule has 1 rings (SSSR count). The smallest absolute Gasteiger partial charge is 0.329 e. The highest BCUT2D eigenvalue weighted by molar-refractivity contribution is 6.13. The maximum Gasteiger partial charge on any atom is 0.329 e. The summed E-state index contributed by atoms with van der Waals surface area (Å²) in [5.41, 5.74) is 0. The predicted octanol–water partition coefficient (Wildman–Crippen LogP) is -1.51. The van der Waals surface area contributed by atoms with Crippen molar-refractivity contribution in [3.63, 3.8) is 0 Å². The van der Waals surface area contributed by atoms with Crippen LogP contribution in [0.1, 0.15) is 19.3 Å². The van der Waals surface area contributed by atoms with Crippen LogP contribution < -0.4 is 5.32 Å². The summed E-state index contributed by atoms with van der Waals surface area (Å²) >= 11 is 0. The SMILES string of the molecule is O=C(O)COCCC(COCC(=O)O)C(CCOCC(=O)O)NC(=O)CCN1C(=O)C=CC1=O. The van der Waals surface area contributed by atoms with Gasteiger partial charge in [-0.25, -0.2) is 14.4 Å². The van der Waals surface area contributed by atoms with Gasteiger partial charge in [0.15, 0.2) is 0 Å². The number of ether oxygens (including phenoxy) is 3. The van der Waals surface area contributed by atoms with E-state index in [2.05, 4.69) is 5.32 Å². The predicted molar refractivity (Wildman–Crippen MR) is 110 cm³/mol. The number of rotatable bonds is 19. The minimum Gasteiger partial charge on any atom is -0.480 e. The zero-order valence-corrected chi connectivity index (χ0v) is 18.3. The molecule has 14 heteroatoms. The fraction of sp³-hybridized carbons (Fsp3) is 0.600. The van der Waals surface area contributed by atoms with Crippen LogP contribution in [0, 0.1) is 5.92 Å². The van der Waals surface area contributed by atoms with Crippen molar-refractivity contribution >= 4 is 35.6 Å². The van der Waals surface area contributed by atoms with E-state index in [1.165, 1.54) is 0 Å². The Hall–Kier alpha value is -3.36. The first-order valence-corrected chi connectivity index (χ1v) is 10.3. The zero-order chi connectivity index (χ0) is 25.5. The standard InChI is InChI=1S/C20H28N2O12/c23-15(3-6-22-16(24)1-2-17(22)25)21-14(5-8-33-11-19(28)29)13(9-34-12-20(30)31)4-7-32-10-18(26)27/h1-2,13-14H,3-12H2,(H,21,23)(H,26,27)(H,28,29)(H,30,31). The van der Waals surface area contributed by atoms with Gasteiger partial charge < -0.3 is 34.8 Å². The van der Waals surface area contributed by atoms with Crippen molar-refractivity contribution < 1.29 is 58.3 Å². The van der Waals surface area contributed by atoms with Gasteiger partial charge >= 0.3 is 17.9 Å². The van der Waals surface area contributed by atoms with Crippen LogP contribution in [0.25, 0.3) is 0 Å². The van der Waals surface area contributed by atoms with Crippen LogP contribution in [0.4, 0.5) is 0 Å². The highest BCUT2D eigenvalue weighted by Gasteiger charge is 2.27. The number of amides is 3. The molecule has 2 atom stereocenters. The summed E-state index contributed by atoms with van der Waals surface area (Å²) < 4.78 is 15.2. The van der Waals surface area contributed by atoms with Crippen molar-refractivity contribution in [3.05, 3.63) is 12.2 Å². The van der Waals surface area contributed by atoms with Gasteiger partial charge in [-0.3, -0.25) is 19.3 Å². The molecular weight excluding hydrogens is 460 g/mol. The van der Waals surface area contributed by atoms with Crippen molar-refractivity contribution in [1.29, 1.82) is 0 Å². The number of aliphatic carboxylic acids is 3. The number of nitrogens with zero attached hydrogens (tertiary/aromatic N) is 1. The summed E-state index contributed by atoms with van der Waals surface area (Å²) in [7, 11) is 0. The summed E-state index contributed by atoms with van der Waals surface area (Å²) in [5.74, 6) is -5.70. The molecule has 14 nitrogen and oxygen atoms in total. The number of carbonyl (C=O) groups is 6. The van der Waals surface area contributed by atoms with Gasteiger partial charge in [0.1, 0.15) is 19.8 Å². The van der Waals surface area contributed by atoms with Gasteiger partial charge in [-0.2, -0.15) is 0 Å². The second-order valence-corrected chi connectivity index (χ2v) is 7.22. The Morgan fingerprint density at radius 3 is 1.85 bits per heavy atom. The topological polar surface area (TPSA) is 206 Å². The molecule has 34 heavy (non-hydrogen) atoms. The summed E-state index contributed by atoms with van der Waals surface area (Å²) in [4.78, 5) is 68.7. The molecule has 2 unspecified atom stereocenters. The van der Waals surface area contributed by atoms with E-state index in [9.17, 15) is 28.8 Å². The third kappa shape index (κ3) is 12.0. The monoisotopic (exact) mass is 488 g/mol. The second-order valence-electron chi connectivity index (χ2n) is 7.22. The van der Waals surface area contributed by atoms with Gasteiger partial charge in [-0.1, -0.05) is 0 Å². The molecule has 0 saturated heterocycles. The van der Waals surface area contributed by atoms with E-state index in [0.29, 0.717) is 0 Å². The van der Waals surface area contributed by atoms with Crippen molar-refractivity contribution in [2.75, 3.05) is 46.2 Å². The number of imide groups is 1. The lowest BCUT2D eigenvalue weighted by molar-refractivity contribution is -0.144. The fourth-order valence-electron chi connectivity index (χ4n) is 3.03. The zero-order valence-electron chi connectivity index (χ0n) is 18.3. The van der Waals surface area contributed by atoms with Crippen LogP contribution in [-0.2, 0) is 43.0 Å². The Kier molecular flexibility index (Phi) is 13.0. The number of carboxylic acid groups (broad SMARTS) is 3. The first-order chi connectivity index (χ1) is 16.1. The van der Waals surface area contributed by atoms with Gasteiger partial charge in [0.05, 0.1) is 6.61 Å². The molecule has 0 spiro atoms. The van der Waals surface area contributed by atoms with Gasteiger partial charge in [0, 0.05) is 50.3 Å². The molecule has 1 aliphatic rings. The van der Waals surface area contributed by atoms with Crippen LogP contribution in [0.3, 0.4) is 0 Å². The third-order valence-corrected chi connectivity index (χ3v) is 4.59. The molecule has 3 amide bonds. The number of nitrogens with one attached hydrogen (secondary N) is 1. The Morgan fingerprint density at radius 2 is 1.32 bits per heavy atom. The van der Waals surface area contributed by atoms with Gasteiger partial charge in [0.2, 0.25) is 5.91 Å². The van der Waals surface area contributed by atoms with E-state index >= 15 is 0 Å². The molecule has 4 N–H and O–H groups in total. The molecule has 0 fully saturated rings. The molecule has 1 aliphatic heterocycles. The molecule has 1 heterocycles. The maximum atomic E-state index is 12.5. The second kappa shape index (κ2) is 15.5. The molecule has 0 radical (unpaired) electrons. The molecule has 0 aromatic heterocycles. The molecule has 0 aromatic carbocycles. The molecule has 0 aliphatic carbocycles. The lowest BCUT2D eigenvalue weighted by Crippen LogP contribution is -2.44. The lowest BCUT2D eigenvalue weighted by Gasteiger charge is -2.28.